The smallest absolute Gasteiger partial charge is 0.416 e. The summed E-state index contributed by atoms with van der Waals surface area (Å²) in [6.07, 6.45) is -1.83. The third-order valence-electron chi connectivity index (χ3n) is 6.31. The number of rotatable bonds is 2. The van der Waals surface area contributed by atoms with Gasteiger partial charge in [0.05, 0.1) is 37.2 Å². The Morgan fingerprint density at radius 3 is 2.82 bits per heavy atom. The van der Waals surface area contributed by atoms with E-state index in [1.54, 1.807) is 24.2 Å². The van der Waals surface area contributed by atoms with Crippen LogP contribution in [0, 0.1) is 0 Å². The van der Waals surface area contributed by atoms with Gasteiger partial charge in [-0.05, 0) is 36.6 Å². The number of carbonyl (C=O) groups is 1. The number of nitrogens with two attached hydrogens (primary N) is 1. The lowest BCUT2D eigenvalue weighted by atomic mass is 9.91. The van der Waals surface area contributed by atoms with E-state index in [1.165, 1.54) is 0 Å². The van der Waals surface area contributed by atoms with Crippen molar-refractivity contribution in [2.24, 2.45) is 0 Å². The normalized spacial score (nSPS) is 21.1. The molecule has 2 atom stereocenters. The molecule has 8 nitrogen and oxygen atoms in total. The Labute approximate surface area is 197 Å². The van der Waals surface area contributed by atoms with Gasteiger partial charge in [-0.15, -0.1) is 0 Å². The molecule has 12 heteroatoms. The Bertz CT molecular complexity index is 1260. The standard InChI is InChI=1S/C22H21ClF3N5O3/c1-11-18-12(6-13(7-14(18)23)22(24,25)26)2-3-31(11)20(32)17-10-30(4-5-33-17)16-9-28-8-15-19(16)34-21(27)29-15/h6-9,11,17H,2-5,10H2,1H3,(H2,27,29)/t11-,17-/m1/s1. The van der Waals surface area contributed by atoms with E-state index < -0.39 is 23.9 Å². The highest BCUT2D eigenvalue weighted by Crippen LogP contribution is 2.40. The lowest BCUT2D eigenvalue weighted by Crippen LogP contribution is -2.53. The number of hydrogen-bond donors (Lipinski definition) is 1. The van der Waals surface area contributed by atoms with Gasteiger partial charge in [-0.25, -0.2) is 0 Å². The van der Waals surface area contributed by atoms with Crippen LogP contribution >= 0.6 is 11.6 Å². The number of pyridine rings is 1. The lowest BCUT2D eigenvalue weighted by Gasteiger charge is -2.40. The molecule has 1 amide bonds. The fourth-order valence-corrected chi connectivity index (χ4v) is 5.09. The minimum atomic E-state index is -4.49. The van der Waals surface area contributed by atoms with E-state index in [0.29, 0.717) is 41.1 Å². The second-order valence-corrected chi connectivity index (χ2v) is 8.76. The predicted octanol–water partition coefficient (Wildman–Crippen LogP) is 3.83. The third kappa shape index (κ3) is 3.92. The molecule has 3 aromatic rings. The van der Waals surface area contributed by atoms with Crippen LogP contribution in [0.1, 0.15) is 29.7 Å². The summed E-state index contributed by atoms with van der Waals surface area (Å²) in [6, 6.07) is 1.57. The maximum absolute atomic E-state index is 13.4. The van der Waals surface area contributed by atoms with Gasteiger partial charge in [0.15, 0.2) is 11.7 Å². The monoisotopic (exact) mass is 495 g/mol. The lowest BCUT2D eigenvalue weighted by molar-refractivity contribution is -0.147. The Hall–Kier alpha value is -3.05. The molecule has 0 spiro atoms. The number of halogens is 4. The first kappa shape index (κ1) is 22.7. The molecule has 1 fully saturated rings. The molecule has 0 bridgehead atoms. The summed E-state index contributed by atoms with van der Waals surface area (Å²) in [7, 11) is 0. The maximum atomic E-state index is 13.4. The average Bonchev–Trinajstić information content (AvgIpc) is 3.18. The number of aromatic nitrogens is 2. The molecule has 0 radical (unpaired) electrons. The summed E-state index contributed by atoms with van der Waals surface area (Å²) in [5.74, 6) is -0.254. The molecule has 180 valence electrons. The van der Waals surface area contributed by atoms with Crippen LogP contribution < -0.4 is 10.6 Å². The molecule has 5 rings (SSSR count). The number of ether oxygens (including phenoxy) is 1. The van der Waals surface area contributed by atoms with Crippen molar-refractivity contribution in [3.05, 3.63) is 46.2 Å². The van der Waals surface area contributed by atoms with Gasteiger partial charge in [-0.1, -0.05) is 11.6 Å². The van der Waals surface area contributed by atoms with Gasteiger partial charge in [0.1, 0.15) is 11.2 Å². The molecular formula is C22H21ClF3N5O3. The number of carbonyl (C=O) groups excluding carboxylic acids is 1. The predicted molar refractivity (Wildman–Crippen MR) is 118 cm³/mol. The molecule has 0 saturated carbocycles. The highest BCUT2D eigenvalue weighted by atomic mass is 35.5. The Kier molecular flexibility index (Phi) is 5.56. The van der Waals surface area contributed by atoms with Crippen LogP contribution in [-0.2, 0) is 22.1 Å². The zero-order valence-corrected chi connectivity index (χ0v) is 18.9. The first-order valence-corrected chi connectivity index (χ1v) is 11.1. The minimum absolute atomic E-state index is 0.00155. The first-order valence-electron chi connectivity index (χ1n) is 10.7. The molecule has 2 aromatic heterocycles. The van der Waals surface area contributed by atoms with Crippen molar-refractivity contribution in [1.29, 1.82) is 0 Å². The minimum Gasteiger partial charge on any atom is -0.421 e. The number of amides is 1. The molecule has 2 aliphatic rings. The van der Waals surface area contributed by atoms with Crippen LogP contribution in [0.4, 0.5) is 24.9 Å². The fraction of sp³-hybridized carbons (Fsp3) is 0.409. The van der Waals surface area contributed by atoms with E-state index in [4.69, 9.17) is 26.5 Å². The molecule has 1 saturated heterocycles. The van der Waals surface area contributed by atoms with E-state index >= 15 is 0 Å². The van der Waals surface area contributed by atoms with E-state index in [9.17, 15) is 18.0 Å². The summed E-state index contributed by atoms with van der Waals surface area (Å²) in [5, 5.41) is 0.00155. The Balaban J connectivity index is 1.38. The van der Waals surface area contributed by atoms with E-state index in [-0.39, 0.29) is 36.5 Å². The summed E-state index contributed by atoms with van der Waals surface area (Å²) >= 11 is 6.25. The van der Waals surface area contributed by atoms with Crippen molar-refractivity contribution in [2.75, 3.05) is 36.9 Å². The highest BCUT2D eigenvalue weighted by Gasteiger charge is 2.38. The Morgan fingerprint density at radius 2 is 2.06 bits per heavy atom. The number of hydrogen-bond acceptors (Lipinski definition) is 7. The van der Waals surface area contributed by atoms with Crippen molar-refractivity contribution >= 4 is 40.3 Å². The molecule has 2 aliphatic heterocycles. The molecule has 4 heterocycles. The molecule has 34 heavy (non-hydrogen) atoms. The number of benzene rings is 1. The SMILES string of the molecule is C[C@@H]1c2c(Cl)cc(C(F)(F)F)cc2CCN1C(=O)[C@H]1CN(c2cncc3nc(N)oc23)CCO1. The summed E-state index contributed by atoms with van der Waals surface area (Å²) in [6.45, 7) is 3.08. The third-order valence-corrected chi connectivity index (χ3v) is 6.62. The van der Waals surface area contributed by atoms with Crippen LogP contribution in [0.5, 0.6) is 0 Å². The van der Waals surface area contributed by atoms with Gasteiger partial charge in [-0.2, -0.15) is 18.2 Å². The zero-order chi connectivity index (χ0) is 24.2. The van der Waals surface area contributed by atoms with Crippen LogP contribution in [0.2, 0.25) is 5.02 Å². The number of nitrogen functional groups attached to an aromatic ring is 1. The van der Waals surface area contributed by atoms with Gasteiger partial charge >= 0.3 is 6.18 Å². The average molecular weight is 496 g/mol. The fourth-order valence-electron chi connectivity index (χ4n) is 4.69. The van der Waals surface area contributed by atoms with Crippen molar-refractivity contribution < 1.29 is 27.1 Å². The number of nitrogens with zero attached hydrogens (tertiary/aromatic N) is 4. The quantitative estimate of drug-likeness (QED) is 0.577. The largest absolute Gasteiger partial charge is 0.421 e. The number of fused-ring (bicyclic) bond motifs is 2. The van der Waals surface area contributed by atoms with Gasteiger partial charge in [-0.3, -0.25) is 9.78 Å². The van der Waals surface area contributed by atoms with Gasteiger partial charge in [0.25, 0.3) is 11.9 Å². The van der Waals surface area contributed by atoms with Crippen LogP contribution in [0.3, 0.4) is 0 Å². The molecule has 0 unspecified atom stereocenters. The molecular weight excluding hydrogens is 475 g/mol. The second kappa shape index (κ2) is 8.31. The number of morpholine rings is 1. The number of alkyl halides is 3. The zero-order valence-electron chi connectivity index (χ0n) is 18.1. The van der Waals surface area contributed by atoms with Gasteiger partial charge in [0, 0.05) is 18.1 Å². The van der Waals surface area contributed by atoms with E-state index in [0.717, 1.165) is 12.1 Å². The summed E-state index contributed by atoms with van der Waals surface area (Å²) in [5.41, 5.74) is 7.58. The summed E-state index contributed by atoms with van der Waals surface area (Å²) < 4.78 is 50.9. The molecule has 2 N–H and O–H groups in total. The van der Waals surface area contributed by atoms with Crippen molar-refractivity contribution in [1.82, 2.24) is 14.9 Å². The van der Waals surface area contributed by atoms with Crippen molar-refractivity contribution in [3.8, 4) is 0 Å². The van der Waals surface area contributed by atoms with Gasteiger partial charge in [0.2, 0.25) is 0 Å². The number of oxazole rings is 1. The van der Waals surface area contributed by atoms with Crippen molar-refractivity contribution in [3.63, 3.8) is 0 Å². The van der Waals surface area contributed by atoms with Crippen LogP contribution in [0.25, 0.3) is 11.1 Å². The van der Waals surface area contributed by atoms with Crippen molar-refractivity contribution in [2.45, 2.75) is 31.7 Å². The summed E-state index contributed by atoms with van der Waals surface area (Å²) in [4.78, 5) is 25.2. The molecule has 0 aliphatic carbocycles. The topological polar surface area (TPSA) is 97.7 Å². The van der Waals surface area contributed by atoms with Crippen LogP contribution in [0.15, 0.2) is 28.9 Å². The van der Waals surface area contributed by atoms with Gasteiger partial charge < -0.3 is 24.7 Å². The Morgan fingerprint density at radius 1 is 1.26 bits per heavy atom. The van der Waals surface area contributed by atoms with E-state index in [2.05, 4.69) is 9.97 Å². The molecule has 1 aromatic carbocycles. The second-order valence-electron chi connectivity index (χ2n) is 8.35. The highest BCUT2D eigenvalue weighted by molar-refractivity contribution is 6.31. The van der Waals surface area contributed by atoms with Crippen LogP contribution in [-0.4, -0.2) is 53.1 Å². The van der Waals surface area contributed by atoms with E-state index in [1.807, 2.05) is 4.90 Å². The number of anilines is 2. The first-order chi connectivity index (χ1) is 16.1. The maximum Gasteiger partial charge on any atom is 0.416 e.